The van der Waals surface area contributed by atoms with Crippen LogP contribution in [-0.2, 0) is 6.42 Å². The Hall–Kier alpha value is -0.430. The van der Waals surface area contributed by atoms with E-state index in [0.717, 1.165) is 11.3 Å². The number of benzene rings is 1. The van der Waals surface area contributed by atoms with E-state index in [1.165, 1.54) is 12.0 Å². The van der Waals surface area contributed by atoms with Crippen LogP contribution in [0.4, 0.5) is 0 Å². The topological polar surface area (TPSA) is 0 Å². The molecule has 0 bridgehead atoms. The molecule has 0 aliphatic rings. The molecule has 0 saturated carbocycles. The van der Waals surface area contributed by atoms with Gasteiger partial charge in [-0.25, -0.2) is 0 Å². The van der Waals surface area contributed by atoms with Gasteiger partial charge in [0.1, 0.15) is 0 Å². The number of rotatable bonds is 1. The van der Waals surface area contributed by atoms with Crippen molar-refractivity contribution in [2.24, 2.45) is 5.41 Å². The van der Waals surface area contributed by atoms with Crippen molar-refractivity contribution >= 4 is 12.6 Å². The zero-order valence-electron chi connectivity index (χ0n) is 10.7. The van der Waals surface area contributed by atoms with Crippen molar-refractivity contribution in [1.29, 1.82) is 0 Å². The molecule has 0 spiro atoms. The Bertz CT molecular complexity index is 254. The lowest BCUT2D eigenvalue weighted by Gasteiger charge is -2.17. The fraction of sp³-hybridized carbons (Fsp3) is 0.571. The van der Waals surface area contributed by atoms with Gasteiger partial charge in [-0.15, -0.1) is 12.6 Å². The summed E-state index contributed by atoms with van der Waals surface area (Å²) in [6, 6.07) is 8.38. The van der Waals surface area contributed by atoms with Crippen molar-refractivity contribution in [2.75, 3.05) is 0 Å². The van der Waals surface area contributed by atoms with Gasteiger partial charge >= 0.3 is 0 Å². The maximum absolute atomic E-state index is 4.24. The number of thiol groups is 1. The van der Waals surface area contributed by atoms with Crippen LogP contribution in [0.5, 0.6) is 0 Å². The largest absolute Gasteiger partial charge is 0.143 e. The lowest BCUT2D eigenvalue weighted by molar-refractivity contribution is 0.411. The minimum absolute atomic E-state index is 0.373. The first-order valence-corrected chi connectivity index (χ1v) is 6.11. The third kappa shape index (κ3) is 8.56. The van der Waals surface area contributed by atoms with E-state index in [1.54, 1.807) is 0 Å². The monoisotopic (exact) mass is 224 g/mol. The van der Waals surface area contributed by atoms with Gasteiger partial charge in [-0.05, 0) is 29.5 Å². The van der Waals surface area contributed by atoms with Crippen molar-refractivity contribution in [1.82, 2.24) is 0 Å². The zero-order chi connectivity index (χ0) is 11.9. The molecule has 0 aliphatic heterocycles. The van der Waals surface area contributed by atoms with Gasteiger partial charge in [0, 0.05) is 4.90 Å². The van der Waals surface area contributed by atoms with Crippen LogP contribution in [0.1, 0.15) is 46.6 Å². The normalized spacial score (nSPS) is 10.5. The Balaban J connectivity index is 0.000000583. The summed E-state index contributed by atoms with van der Waals surface area (Å²) in [5.41, 5.74) is 1.76. The van der Waals surface area contributed by atoms with E-state index < -0.39 is 0 Å². The van der Waals surface area contributed by atoms with E-state index in [0.29, 0.717) is 5.41 Å². The molecule has 1 rings (SSSR count). The summed E-state index contributed by atoms with van der Waals surface area (Å²) in [4.78, 5) is 1.03. The predicted molar refractivity (Wildman–Crippen MR) is 72.8 cm³/mol. The minimum Gasteiger partial charge on any atom is -0.143 e. The van der Waals surface area contributed by atoms with Gasteiger partial charge in [0.05, 0.1) is 0 Å². The van der Waals surface area contributed by atoms with E-state index in [9.17, 15) is 0 Å². The first-order chi connectivity index (χ1) is 6.89. The first-order valence-electron chi connectivity index (χ1n) is 5.67. The molecule has 0 amide bonds. The summed E-state index contributed by atoms with van der Waals surface area (Å²) in [5.74, 6) is 0. The van der Waals surface area contributed by atoms with Crippen LogP contribution in [0.15, 0.2) is 29.2 Å². The summed E-state index contributed by atoms with van der Waals surface area (Å²) < 4.78 is 0. The Morgan fingerprint density at radius 1 is 1.00 bits per heavy atom. The van der Waals surface area contributed by atoms with E-state index in [1.807, 2.05) is 12.1 Å². The first kappa shape index (κ1) is 14.6. The van der Waals surface area contributed by atoms with Gasteiger partial charge in [-0.3, -0.25) is 0 Å². The smallest absolute Gasteiger partial charge is 0.00401 e. The molecule has 0 nitrogen and oxygen atoms in total. The molecule has 0 fully saturated rings. The van der Waals surface area contributed by atoms with E-state index >= 15 is 0 Å². The van der Waals surface area contributed by atoms with E-state index in [4.69, 9.17) is 0 Å². The van der Waals surface area contributed by atoms with Crippen molar-refractivity contribution in [3.8, 4) is 0 Å². The average Bonchev–Trinajstić information content (AvgIpc) is 2.08. The van der Waals surface area contributed by atoms with E-state index in [2.05, 4.69) is 59.4 Å². The minimum atomic E-state index is 0.373. The molecule has 0 saturated heterocycles. The van der Waals surface area contributed by atoms with Crippen molar-refractivity contribution in [3.05, 3.63) is 29.8 Å². The molecule has 1 aromatic carbocycles. The average molecular weight is 224 g/mol. The van der Waals surface area contributed by atoms with Crippen LogP contribution in [-0.4, -0.2) is 0 Å². The summed E-state index contributed by atoms with van der Waals surface area (Å²) in [7, 11) is 0. The van der Waals surface area contributed by atoms with E-state index in [-0.39, 0.29) is 0 Å². The summed E-state index contributed by atoms with van der Waals surface area (Å²) in [6.07, 6.45) is 2.38. The quantitative estimate of drug-likeness (QED) is 0.639. The second-order valence-corrected chi connectivity index (χ2v) is 5.63. The van der Waals surface area contributed by atoms with Crippen molar-refractivity contribution in [3.63, 3.8) is 0 Å². The van der Waals surface area contributed by atoms with Crippen LogP contribution in [0.25, 0.3) is 0 Å². The van der Waals surface area contributed by atoms with Gasteiger partial charge in [0.25, 0.3) is 0 Å². The molecule has 15 heavy (non-hydrogen) atoms. The summed E-state index contributed by atoms with van der Waals surface area (Å²) in [6.45, 7) is 11.0. The highest BCUT2D eigenvalue weighted by Gasteiger charge is 2.10. The van der Waals surface area contributed by atoms with Gasteiger partial charge < -0.3 is 0 Å². The zero-order valence-corrected chi connectivity index (χ0v) is 11.6. The van der Waals surface area contributed by atoms with Crippen LogP contribution in [0.2, 0.25) is 0 Å². The standard InChI is InChI=1S/C11H16S.C3H8/c1-11(2,3)8-9-4-6-10(12)7-5-9;1-3-2/h4-7,12H,8H2,1-3H3;3H2,1-2H3. The maximum atomic E-state index is 4.24. The Morgan fingerprint density at radius 3 is 1.73 bits per heavy atom. The fourth-order valence-corrected chi connectivity index (χ4v) is 1.38. The van der Waals surface area contributed by atoms with Gasteiger partial charge in [-0.1, -0.05) is 53.2 Å². The Morgan fingerprint density at radius 2 is 1.40 bits per heavy atom. The second kappa shape index (κ2) is 6.95. The number of hydrogen-bond donors (Lipinski definition) is 1. The Kier molecular flexibility index (Phi) is 6.75. The summed E-state index contributed by atoms with van der Waals surface area (Å²) in [5, 5.41) is 0. The second-order valence-electron chi connectivity index (χ2n) is 5.11. The van der Waals surface area contributed by atoms with Gasteiger partial charge in [-0.2, -0.15) is 0 Å². The van der Waals surface area contributed by atoms with Crippen molar-refractivity contribution in [2.45, 2.75) is 52.4 Å². The van der Waals surface area contributed by atoms with Crippen LogP contribution in [0.3, 0.4) is 0 Å². The molecular formula is C14H24S. The highest BCUT2D eigenvalue weighted by molar-refractivity contribution is 7.80. The SMILES string of the molecule is CC(C)(C)Cc1ccc(S)cc1.CCC. The third-order valence-corrected chi connectivity index (χ3v) is 1.97. The predicted octanol–water partition coefficient (Wildman–Crippen LogP) is 4.98. The molecule has 1 aromatic rings. The molecular weight excluding hydrogens is 200 g/mol. The molecule has 0 heterocycles. The molecule has 0 aliphatic carbocycles. The molecule has 0 atom stereocenters. The van der Waals surface area contributed by atoms with Crippen LogP contribution < -0.4 is 0 Å². The molecule has 0 unspecified atom stereocenters. The lowest BCUT2D eigenvalue weighted by Crippen LogP contribution is -2.08. The van der Waals surface area contributed by atoms with Gasteiger partial charge in [0.15, 0.2) is 0 Å². The Labute approximate surface area is 101 Å². The summed E-state index contributed by atoms with van der Waals surface area (Å²) >= 11 is 4.24. The van der Waals surface area contributed by atoms with Crippen LogP contribution in [0, 0.1) is 5.41 Å². The molecule has 0 N–H and O–H groups in total. The molecule has 0 aromatic heterocycles. The van der Waals surface area contributed by atoms with Crippen LogP contribution >= 0.6 is 12.6 Å². The highest BCUT2D eigenvalue weighted by Crippen LogP contribution is 2.21. The maximum Gasteiger partial charge on any atom is 0.00401 e. The number of hydrogen-bond acceptors (Lipinski definition) is 1. The van der Waals surface area contributed by atoms with Crippen molar-refractivity contribution < 1.29 is 0 Å². The molecule has 1 heteroatoms. The highest BCUT2D eigenvalue weighted by atomic mass is 32.1. The molecule has 86 valence electrons. The fourth-order valence-electron chi connectivity index (χ4n) is 1.23. The third-order valence-electron chi connectivity index (χ3n) is 1.67. The van der Waals surface area contributed by atoms with Gasteiger partial charge in [0.2, 0.25) is 0 Å². The molecule has 0 radical (unpaired) electrons. The lowest BCUT2D eigenvalue weighted by atomic mass is 9.88.